The first-order chi connectivity index (χ1) is 8.19. The summed E-state index contributed by atoms with van der Waals surface area (Å²) in [6, 6.07) is 0. The zero-order chi connectivity index (χ0) is 12.7. The number of rotatable bonds is 7. The van der Waals surface area contributed by atoms with Crippen LogP contribution in [0, 0.1) is 0 Å². The Morgan fingerprint density at radius 2 is 2.18 bits per heavy atom. The zero-order valence-corrected chi connectivity index (χ0v) is 10.5. The maximum Gasteiger partial charge on any atom is 0.157 e. The highest BCUT2D eigenvalue weighted by atomic mass is 35.5. The molecular formula is C10H17ClN4O2. The lowest BCUT2D eigenvalue weighted by Gasteiger charge is -2.10. The summed E-state index contributed by atoms with van der Waals surface area (Å²) in [6.45, 7) is 3.28. The molecule has 7 heteroatoms. The summed E-state index contributed by atoms with van der Waals surface area (Å²) in [6.07, 6.45) is 0.690. The Kier molecular flexibility index (Phi) is 5.96. The van der Waals surface area contributed by atoms with E-state index < -0.39 is 0 Å². The van der Waals surface area contributed by atoms with Gasteiger partial charge in [0.05, 0.1) is 19.8 Å². The number of aliphatic hydroxyl groups is 1. The molecule has 0 amide bonds. The van der Waals surface area contributed by atoms with E-state index in [9.17, 15) is 0 Å². The minimum Gasteiger partial charge on any atom is -0.394 e. The standard InChI is InChI=1S/C10H17ClN4O2/c1-2-7-14-9(11)8(12)10(15-7)13-3-5-17-6-4-16/h16H,2-6,12H2,1H3,(H,13,14,15). The number of hydrogen-bond donors (Lipinski definition) is 3. The fraction of sp³-hybridized carbons (Fsp3) is 0.600. The van der Waals surface area contributed by atoms with Crippen molar-refractivity contribution in [2.24, 2.45) is 0 Å². The molecule has 0 aliphatic heterocycles. The van der Waals surface area contributed by atoms with E-state index in [4.69, 9.17) is 27.2 Å². The van der Waals surface area contributed by atoms with Gasteiger partial charge in [0.2, 0.25) is 0 Å². The fourth-order valence-electron chi connectivity index (χ4n) is 1.19. The quantitative estimate of drug-likeness (QED) is 0.494. The summed E-state index contributed by atoms with van der Waals surface area (Å²) in [4.78, 5) is 8.27. The van der Waals surface area contributed by atoms with Crippen molar-refractivity contribution in [3.05, 3.63) is 11.0 Å². The van der Waals surface area contributed by atoms with Gasteiger partial charge in [0, 0.05) is 13.0 Å². The van der Waals surface area contributed by atoms with Gasteiger partial charge in [-0.25, -0.2) is 9.97 Å². The number of aliphatic hydroxyl groups excluding tert-OH is 1. The first kappa shape index (κ1) is 14.0. The third kappa shape index (κ3) is 4.33. The van der Waals surface area contributed by atoms with Crippen LogP contribution in [0.5, 0.6) is 0 Å². The fourth-order valence-corrected chi connectivity index (χ4v) is 1.37. The minimum atomic E-state index is 0.0153. The van der Waals surface area contributed by atoms with Gasteiger partial charge in [0.1, 0.15) is 11.5 Å². The third-order valence-corrected chi connectivity index (χ3v) is 2.32. The van der Waals surface area contributed by atoms with Crippen molar-refractivity contribution in [2.75, 3.05) is 37.4 Å². The molecule has 4 N–H and O–H groups in total. The van der Waals surface area contributed by atoms with E-state index in [0.29, 0.717) is 43.5 Å². The number of halogens is 1. The van der Waals surface area contributed by atoms with Crippen LogP contribution >= 0.6 is 11.6 Å². The number of ether oxygens (including phenoxy) is 1. The number of hydrogen-bond acceptors (Lipinski definition) is 6. The second kappa shape index (κ2) is 7.26. The second-order valence-corrected chi connectivity index (χ2v) is 3.67. The molecular weight excluding hydrogens is 244 g/mol. The number of nitrogens with zero attached hydrogens (tertiary/aromatic N) is 2. The number of nitrogen functional groups attached to an aromatic ring is 1. The van der Waals surface area contributed by atoms with E-state index in [1.807, 2.05) is 6.92 Å². The van der Waals surface area contributed by atoms with Gasteiger partial charge in [-0.15, -0.1) is 0 Å². The molecule has 0 aliphatic carbocycles. The average Bonchev–Trinajstić information content (AvgIpc) is 2.33. The normalized spacial score (nSPS) is 10.5. The Labute approximate surface area is 105 Å². The summed E-state index contributed by atoms with van der Waals surface area (Å²) >= 11 is 5.88. The molecule has 0 aliphatic rings. The molecule has 0 bridgehead atoms. The topological polar surface area (TPSA) is 93.3 Å². The number of nitrogens with two attached hydrogens (primary N) is 1. The molecule has 1 aromatic heterocycles. The van der Waals surface area contributed by atoms with Crippen molar-refractivity contribution >= 4 is 23.1 Å². The van der Waals surface area contributed by atoms with E-state index in [2.05, 4.69) is 15.3 Å². The molecule has 96 valence electrons. The highest BCUT2D eigenvalue weighted by Crippen LogP contribution is 2.23. The summed E-state index contributed by atoms with van der Waals surface area (Å²) < 4.78 is 5.10. The smallest absolute Gasteiger partial charge is 0.157 e. The van der Waals surface area contributed by atoms with Crippen LogP contribution in [-0.4, -0.2) is 41.4 Å². The molecule has 0 spiro atoms. The Balaban J connectivity index is 2.54. The van der Waals surface area contributed by atoms with Crippen LogP contribution in [0.25, 0.3) is 0 Å². The van der Waals surface area contributed by atoms with Crippen molar-refractivity contribution in [2.45, 2.75) is 13.3 Å². The van der Waals surface area contributed by atoms with Crippen LogP contribution in [0.1, 0.15) is 12.7 Å². The van der Waals surface area contributed by atoms with E-state index >= 15 is 0 Å². The Bertz CT molecular complexity index is 362. The number of aromatic nitrogens is 2. The SMILES string of the molecule is CCc1nc(Cl)c(N)c(NCCOCCO)n1. The lowest BCUT2D eigenvalue weighted by Crippen LogP contribution is -2.14. The summed E-state index contributed by atoms with van der Waals surface area (Å²) in [5, 5.41) is 11.8. The van der Waals surface area contributed by atoms with Crippen LogP contribution in [-0.2, 0) is 11.2 Å². The van der Waals surface area contributed by atoms with Crippen LogP contribution in [0.4, 0.5) is 11.5 Å². The molecule has 6 nitrogen and oxygen atoms in total. The van der Waals surface area contributed by atoms with Gasteiger partial charge in [0.25, 0.3) is 0 Å². The highest BCUT2D eigenvalue weighted by molar-refractivity contribution is 6.32. The first-order valence-corrected chi connectivity index (χ1v) is 5.81. The average molecular weight is 261 g/mol. The van der Waals surface area contributed by atoms with E-state index in [-0.39, 0.29) is 11.8 Å². The molecule has 0 saturated heterocycles. The Morgan fingerprint density at radius 3 is 2.82 bits per heavy atom. The first-order valence-electron chi connectivity index (χ1n) is 5.43. The summed E-state index contributed by atoms with van der Waals surface area (Å²) in [5.41, 5.74) is 6.09. The molecule has 1 aromatic rings. The molecule has 17 heavy (non-hydrogen) atoms. The van der Waals surface area contributed by atoms with Gasteiger partial charge in [-0.2, -0.15) is 0 Å². The molecule has 0 aromatic carbocycles. The zero-order valence-electron chi connectivity index (χ0n) is 9.74. The van der Waals surface area contributed by atoms with Crippen molar-refractivity contribution < 1.29 is 9.84 Å². The van der Waals surface area contributed by atoms with Crippen LogP contribution in [0.15, 0.2) is 0 Å². The van der Waals surface area contributed by atoms with Gasteiger partial charge in [-0.3, -0.25) is 0 Å². The number of aryl methyl sites for hydroxylation is 1. The Hall–Kier alpha value is -1.11. The van der Waals surface area contributed by atoms with Gasteiger partial charge in [-0.1, -0.05) is 18.5 Å². The maximum atomic E-state index is 8.53. The minimum absolute atomic E-state index is 0.0153. The molecule has 1 rings (SSSR count). The van der Waals surface area contributed by atoms with Crippen LogP contribution in [0.3, 0.4) is 0 Å². The molecule has 0 saturated carbocycles. The van der Waals surface area contributed by atoms with E-state index in [1.165, 1.54) is 0 Å². The maximum absolute atomic E-state index is 8.53. The molecule has 0 fully saturated rings. The molecule has 0 unspecified atom stereocenters. The predicted octanol–water partition coefficient (Wildman–Crippen LogP) is 0.695. The summed E-state index contributed by atoms with van der Waals surface area (Å²) in [7, 11) is 0. The lowest BCUT2D eigenvalue weighted by atomic mass is 10.4. The lowest BCUT2D eigenvalue weighted by molar-refractivity contribution is 0.0992. The second-order valence-electron chi connectivity index (χ2n) is 3.31. The molecule has 0 atom stereocenters. The van der Waals surface area contributed by atoms with Gasteiger partial charge in [0.15, 0.2) is 11.0 Å². The third-order valence-electron chi connectivity index (χ3n) is 2.04. The van der Waals surface area contributed by atoms with Crippen molar-refractivity contribution in [3.8, 4) is 0 Å². The monoisotopic (exact) mass is 260 g/mol. The van der Waals surface area contributed by atoms with Crippen molar-refractivity contribution in [1.29, 1.82) is 0 Å². The van der Waals surface area contributed by atoms with Crippen LogP contribution in [0.2, 0.25) is 5.15 Å². The van der Waals surface area contributed by atoms with Gasteiger partial charge >= 0.3 is 0 Å². The van der Waals surface area contributed by atoms with Crippen molar-refractivity contribution in [1.82, 2.24) is 9.97 Å². The Morgan fingerprint density at radius 1 is 1.41 bits per heavy atom. The van der Waals surface area contributed by atoms with Gasteiger partial charge in [-0.05, 0) is 0 Å². The molecule has 0 radical (unpaired) electrons. The summed E-state index contributed by atoms with van der Waals surface area (Å²) in [5.74, 6) is 1.16. The molecule has 1 heterocycles. The van der Waals surface area contributed by atoms with E-state index in [1.54, 1.807) is 0 Å². The highest BCUT2D eigenvalue weighted by Gasteiger charge is 2.08. The van der Waals surface area contributed by atoms with Gasteiger partial charge < -0.3 is 20.9 Å². The van der Waals surface area contributed by atoms with Crippen molar-refractivity contribution in [3.63, 3.8) is 0 Å². The van der Waals surface area contributed by atoms with E-state index in [0.717, 1.165) is 0 Å². The number of nitrogens with one attached hydrogen (secondary N) is 1. The number of anilines is 2. The largest absolute Gasteiger partial charge is 0.394 e. The predicted molar refractivity (Wildman–Crippen MR) is 67.2 cm³/mol. The van der Waals surface area contributed by atoms with Crippen LogP contribution < -0.4 is 11.1 Å².